The summed E-state index contributed by atoms with van der Waals surface area (Å²) in [4.78, 5) is 27.1. The second-order valence-electron chi connectivity index (χ2n) is 10.8. The number of methoxy groups -OCH3 is 2. The highest BCUT2D eigenvalue weighted by atomic mass is 35.5. The Balaban J connectivity index is 1.74. The largest absolute Gasteiger partial charge is 0.495 e. The minimum atomic E-state index is -1.73. The summed E-state index contributed by atoms with van der Waals surface area (Å²) in [5.41, 5.74) is -0.479. The quantitative estimate of drug-likeness (QED) is 0.467. The van der Waals surface area contributed by atoms with Crippen molar-refractivity contribution in [2.24, 2.45) is 5.92 Å². The molecule has 2 unspecified atom stereocenters. The number of nitrogens with zero attached hydrogens (tertiary/aromatic N) is 1. The highest BCUT2D eigenvalue weighted by Crippen LogP contribution is 2.48. The smallest absolute Gasteiger partial charge is 0.409 e. The maximum absolute atomic E-state index is 13.3. The van der Waals surface area contributed by atoms with Gasteiger partial charge in [-0.2, -0.15) is 0 Å². The summed E-state index contributed by atoms with van der Waals surface area (Å²) in [5, 5.41) is 25.3. The molecular weight excluding hydrogens is 528 g/mol. The number of benzene rings is 1. The summed E-state index contributed by atoms with van der Waals surface area (Å²) in [6, 6.07) is 3.63. The first-order chi connectivity index (χ1) is 18.3. The number of amides is 2. The minimum absolute atomic E-state index is 0.0310. The van der Waals surface area contributed by atoms with Crippen molar-refractivity contribution in [1.29, 1.82) is 0 Å². The Morgan fingerprint density at radius 2 is 1.97 bits per heavy atom. The van der Waals surface area contributed by atoms with E-state index in [2.05, 4.69) is 5.32 Å². The third kappa shape index (κ3) is 5.81. The fourth-order valence-electron chi connectivity index (χ4n) is 5.46. The fourth-order valence-corrected chi connectivity index (χ4v) is 5.78. The van der Waals surface area contributed by atoms with Crippen LogP contribution in [0.25, 0.3) is 0 Å². The molecule has 0 aliphatic carbocycles. The van der Waals surface area contributed by atoms with E-state index in [0.29, 0.717) is 17.9 Å². The lowest BCUT2D eigenvalue weighted by Crippen LogP contribution is -2.63. The van der Waals surface area contributed by atoms with E-state index >= 15 is 0 Å². The molecule has 1 aromatic carbocycles. The molecular formula is C28H37ClN2O8. The first-order valence-corrected chi connectivity index (χ1v) is 13.3. The number of anilines is 1. The van der Waals surface area contributed by atoms with Gasteiger partial charge in [-0.25, -0.2) is 4.79 Å². The number of hydrogen-bond donors (Lipinski definition) is 3. The van der Waals surface area contributed by atoms with Gasteiger partial charge in [-0.05, 0) is 38.0 Å². The van der Waals surface area contributed by atoms with Gasteiger partial charge in [0.15, 0.2) is 5.72 Å². The molecule has 3 heterocycles. The van der Waals surface area contributed by atoms with Gasteiger partial charge in [0.05, 0.1) is 31.4 Å². The molecule has 3 aliphatic heterocycles. The predicted molar refractivity (Wildman–Crippen MR) is 145 cm³/mol. The maximum atomic E-state index is 13.3. The highest BCUT2D eigenvalue weighted by Gasteiger charge is 2.62. The molecule has 0 aromatic heterocycles. The van der Waals surface area contributed by atoms with E-state index in [1.165, 1.54) is 19.1 Å². The normalized spacial score (nSPS) is 37.6. The Hall–Kier alpha value is -2.63. The van der Waals surface area contributed by atoms with E-state index in [1.54, 1.807) is 26.1 Å². The minimum Gasteiger partial charge on any atom is -0.495 e. The van der Waals surface area contributed by atoms with Crippen LogP contribution in [0.3, 0.4) is 0 Å². The van der Waals surface area contributed by atoms with Gasteiger partial charge in [0.1, 0.15) is 28.6 Å². The fraction of sp³-hybridized carbons (Fsp3) is 0.571. The number of allylic oxidation sites excluding steroid dienone is 3. The number of epoxide rings is 1. The van der Waals surface area contributed by atoms with Crippen molar-refractivity contribution in [3.05, 3.63) is 46.5 Å². The number of ether oxygens (including phenoxy) is 4. The molecule has 0 saturated carbocycles. The topological polar surface area (TPSA) is 130 Å². The zero-order chi connectivity index (χ0) is 28.7. The molecule has 10 nitrogen and oxygen atoms in total. The zero-order valence-electron chi connectivity index (χ0n) is 23.1. The van der Waals surface area contributed by atoms with Gasteiger partial charge in [0.25, 0.3) is 0 Å². The molecule has 11 heteroatoms. The lowest BCUT2D eigenvalue weighted by Gasteiger charge is -2.42. The highest BCUT2D eigenvalue weighted by molar-refractivity contribution is 6.35. The molecule has 1 aromatic rings. The van der Waals surface area contributed by atoms with Gasteiger partial charge < -0.3 is 34.1 Å². The van der Waals surface area contributed by atoms with Crippen LogP contribution < -0.4 is 15.0 Å². The molecule has 4 rings (SSSR count). The van der Waals surface area contributed by atoms with E-state index in [-0.39, 0.29) is 23.8 Å². The first kappa shape index (κ1) is 29.4. The zero-order valence-corrected chi connectivity index (χ0v) is 23.8. The number of carbonyl (C=O) groups is 2. The Kier molecular flexibility index (Phi) is 8.35. The number of aliphatic hydroxyl groups is 2. The van der Waals surface area contributed by atoms with Crippen LogP contribution in [0.1, 0.15) is 39.2 Å². The van der Waals surface area contributed by atoms with E-state index in [0.717, 1.165) is 11.1 Å². The van der Waals surface area contributed by atoms with Gasteiger partial charge in [0.2, 0.25) is 5.91 Å². The van der Waals surface area contributed by atoms with Gasteiger partial charge in [0, 0.05) is 26.5 Å². The third-order valence-electron chi connectivity index (χ3n) is 7.98. The van der Waals surface area contributed by atoms with Gasteiger partial charge in [-0.1, -0.05) is 42.3 Å². The van der Waals surface area contributed by atoms with Crippen LogP contribution in [0.15, 0.2) is 35.9 Å². The summed E-state index contributed by atoms with van der Waals surface area (Å²) in [5.74, 6) is -0.323. The van der Waals surface area contributed by atoms with Crippen molar-refractivity contribution in [3.8, 4) is 5.75 Å². The molecule has 2 fully saturated rings. The summed E-state index contributed by atoms with van der Waals surface area (Å²) in [7, 11) is 4.56. The number of nitrogens with one attached hydrogen (secondary N) is 1. The Morgan fingerprint density at radius 3 is 2.64 bits per heavy atom. The van der Waals surface area contributed by atoms with Crippen molar-refractivity contribution in [1.82, 2.24) is 5.32 Å². The van der Waals surface area contributed by atoms with Crippen LogP contribution in [0, 0.1) is 5.92 Å². The second kappa shape index (κ2) is 11.1. The Bertz CT molecular complexity index is 1190. The maximum Gasteiger partial charge on any atom is 0.409 e. The number of hydrogen-bond acceptors (Lipinski definition) is 8. The molecule has 0 radical (unpaired) electrons. The average molecular weight is 565 g/mol. The van der Waals surface area contributed by atoms with Gasteiger partial charge in [-0.15, -0.1) is 0 Å². The number of alkyl carbamates (subject to hydrolysis) is 1. The lowest BCUT2D eigenvalue weighted by molar-refractivity contribution is -0.142. The molecule has 214 valence electrons. The summed E-state index contributed by atoms with van der Waals surface area (Å²) >= 11 is 6.58. The van der Waals surface area contributed by atoms with Gasteiger partial charge >= 0.3 is 6.09 Å². The van der Waals surface area contributed by atoms with Crippen LogP contribution in [-0.2, 0) is 25.4 Å². The monoisotopic (exact) mass is 564 g/mol. The molecule has 3 N–H and O–H groups in total. The number of carbonyl (C=O) groups excluding carboxylic acids is 2. The summed E-state index contributed by atoms with van der Waals surface area (Å²) in [6.07, 6.45) is 1.63. The molecule has 3 aliphatic rings. The van der Waals surface area contributed by atoms with Crippen LogP contribution in [-0.4, -0.2) is 79.2 Å². The van der Waals surface area contributed by atoms with Crippen molar-refractivity contribution in [2.75, 3.05) is 26.2 Å². The van der Waals surface area contributed by atoms with E-state index < -0.39 is 47.8 Å². The number of rotatable bonds is 2. The Morgan fingerprint density at radius 1 is 1.26 bits per heavy atom. The SMILES string of the molecule is COc1cc2cc(c1Cl)N(C)C(=O)CC(O)[C@]1(C)O[C@H]1[C@H](C)[C@@H]1C[C@@](O)(NC(=O)O1)C(OC)/C=C/C=C(\C)C2. The first-order valence-electron chi connectivity index (χ1n) is 12.9. The number of halogens is 1. The molecule has 2 amide bonds. The van der Waals surface area contributed by atoms with Crippen LogP contribution in [0.5, 0.6) is 5.75 Å². The van der Waals surface area contributed by atoms with Crippen molar-refractivity contribution in [2.45, 2.75) is 75.8 Å². The van der Waals surface area contributed by atoms with E-state index in [1.807, 2.05) is 32.1 Å². The van der Waals surface area contributed by atoms with Crippen molar-refractivity contribution >= 4 is 29.3 Å². The summed E-state index contributed by atoms with van der Waals surface area (Å²) < 4.78 is 22.4. The van der Waals surface area contributed by atoms with Crippen LogP contribution >= 0.6 is 11.6 Å². The van der Waals surface area contributed by atoms with Crippen molar-refractivity contribution in [3.63, 3.8) is 0 Å². The van der Waals surface area contributed by atoms with Crippen molar-refractivity contribution < 1.29 is 38.7 Å². The molecule has 4 bridgehead atoms. The molecule has 0 spiro atoms. The predicted octanol–water partition coefficient (Wildman–Crippen LogP) is 3.12. The Labute approximate surface area is 233 Å². The second-order valence-corrected chi connectivity index (χ2v) is 11.2. The third-order valence-corrected chi connectivity index (χ3v) is 8.36. The molecule has 39 heavy (non-hydrogen) atoms. The lowest BCUT2D eigenvalue weighted by atomic mass is 9.84. The van der Waals surface area contributed by atoms with E-state index in [4.69, 9.17) is 30.5 Å². The van der Waals surface area contributed by atoms with E-state index in [9.17, 15) is 19.8 Å². The average Bonchev–Trinajstić information content (AvgIpc) is 3.58. The number of aliphatic hydroxyl groups excluding tert-OH is 1. The summed E-state index contributed by atoms with van der Waals surface area (Å²) in [6.45, 7) is 5.48. The van der Waals surface area contributed by atoms with Crippen LogP contribution in [0.2, 0.25) is 5.02 Å². The molecule has 7 atom stereocenters. The van der Waals surface area contributed by atoms with Gasteiger partial charge in [-0.3, -0.25) is 10.1 Å². The van der Waals surface area contributed by atoms with Crippen LogP contribution in [0.4, 0.5) is 10.5 Å². The number of fused-ring (bicyclic) bond motifs is 5. The standard InChI is InChI=1S/C28H37ClN2O8/c1-15-8-7-9-22(37-6)28(35)14-20(38-26(34)30-28)16(2)25-27(3,39-25)21(32)13-23(33)31(4)18-11-17(10-15)12-19(36-5)24(18)29/h7-9,11-12,16,20-22,25,32,35H,10,13-14H2,1-6H3,(H,30,34)/b9-7+,15-8+/t16-,20+,21?,22?,25+,27+,28+/m1/s1. The molecule has 2 saturated heterocycles.